The first-order valence-electron chi connectivity index (χ1n) is 5.07. The molecule has 6 heteroatoms. The Morgan fingerprint density at radius 1 is 1.18 bits per heavy atom. The first-order chi connectivity index (χ1) is 8.13. The first kappa shape index (κ1) is 12.6. The fourth-order valence-corrected chi connectivity index (χ4v) is 2.04. The lowest BCUT2D eigenvalue weighted by Crippen LogP contribution is -2.00. The minimum absolute atomic E-state index is 0.339. The summed E-state index contributed by atoms with van der Waals surface area (Å²) < 4.78 is 1.66. The van der Waals surface area contributed by atoms with Crippen LogP contribution < -0.4 is 5.32 Å². The molecule has 0 spiro atoms. The van der Waals surface area contributed by atoms with E-state index in [9.17, 15) is 0 Å². The van der Waals surface area contributed by atoms with Crippen LogP contribution in [0.15, 0.2) is 24.4 Å². The summed E-state index contributed by atoms with van der Waals surface area (Å²) in [4.78, 5) is 0. The van der Waals surface area contributed by atoms with Gasteiger partial charge in [0, 0.05) is 18.8 Å². The van der Waals surface area contributed by atoms with Gasteiger partial charge in [-0.3, -0.25) is 0 Å². The van der Waals surface area contributed by atoms with Crippen molar-refractivity contribution in [2.75, 3.05) is 11.9 Å². The second-order valence-corrected chi connectivity index (χ2v) is 4.53. The smallest absolute Gasteiger partial charge is 0.148 e. The highest BCUT2D eigenvalue weighted by Crippen LogP contribution is 2.34. The summed E-state index contributed by atoms with van der Waals surface area (Å²) in [6, 6.07) is 5.33. The van der Waals surface area contributed by atoms with Crippen LogP contribution in [0.5, 0.6) is 0 Å². The molecule has 90 valence electrons. The summed E-state index contributed by atoms with van der Waals surface area (Å²) in [5, 5.41) is 8.59. The second-order valence-electron chi connectivity index (χ2n) is 3.37. The Morgan fingerprint density at radius 3 is 2.65 bits per heavy atom. The molecule has 1 heterocycles. The molecule has 1 aromatic carbocycles. The number of hydrogen-bond acceptors (Lipinski definition) is 2. The molecule has 3 nitrogen and oxygen atoms in total. The van der Waals surface area contributed by atoms with Gasteiger partial charge in [0.2, 0.25) is 0 Å². The van der Waals surface area contributed by atoms with Crippen LogP contribution in [0.25, 0.3) is 5.69 Å². The molecule has 0 fully saturated rings. The highest BCUT2D eigenvalue weighted by molar-refractivity contribution is 6.48. The van der Waals surface area contributed by atoms with Crippen molar-refractivity contribution < 1.29 is 0 Å². The van der Waals surface area contributed by atoms with E-state index in [2.05, 4.69) is 10.4 Å². The topological polar surface area (TPSA) is 29.9 Å². The summed E-state index contributed by atoms with van der Waals surface area (Å²) in [7, 11) is 0. The van der Waals surface area contributed by atoms with Crippen LogP contribution in [0.1, 0.15) is 6.92 Å². The zero-order valence-electron chi connectivity index (χ0n) is 9.04. The van der Waals surface area contributed by atoms with Crippen molar-refractivity contribution in [3.8, 4) is 5.69 Å². The van der Waals surface area contributed by atoms with Gasteiger partial charge in [0.25, 0.3) is 0 Å². The molecule has 0 aliphatic rings. The molecule has 1 N–H and O–H groups in total. The molecule has 0 amide bonds. The molecular formula is C11H10Cl3N3. The van der Waals surface area contributed by atoms with E-state index >= 15 is 0 Å². The van der Waals surface area contributed by atoms with Crippen molar-refractivity contribution in [3.63, 3.8) is 0 Å². The summed E-state index contributed by atoms with van der Waals surface area (Å²) in [6.45, 7) is 2.82. The lowest BCUT2D eigenvalue weighted by molar-refractivity contribution is 0.880. The second kappa shape index (κ2) is 5.17. The van der Waals surface area contributed by atoms with Crippen LogP contribution in [0.2, 0.25) is 15.1 Å². The maximum absolute atomic E-state index is 6.12. The van der Waals surface area contributed by atoms with Crippen molar-refractivity contribution in [1.29, 1.82) is 0 Å². The van der Waals surface area contributed by atoms with E-state index in [1.54, 1.807) is 16.8 Å². The van der Waals surface area contributed by atoms with Crippen molar-refractivity contribution >= 4 is 40.6 Å². The summed E-state index contributed by atoms with van der Waals surface area (Å²) >= 11 is 18.0. The maximum Gasteiger partial charge on any atom is 0.148 e. The molecule has 0 aliphatic carbocycles. The Balaban J connectivity index is 2.42. The van der Waals surface area contributed by atoms with Crippen LogP contribution in [0.3, 0.4) is 0 Å². The Kier molecular flexibility index (Phi) is 3.82. The molecule has 0 atom stereocenters. The van der Waals surface area contributed by atoms with Gasteiger partial charge in [-0.1, -0.05) is 34.8 Å². The highest BCUT2D eigenvalue weighted by Gasteiger charge is 2.11. The monoisotopic (exact) mass is 289 g/mol. The highest BCUT2D eigenvalue weighted by atomic mass is 35.5. The third-order valence-corrected chi connectivity index (χ3v) is 3.49. The summed E-state index contributed by atoms with van der Waals surface area (Å²) in [6.07, 6.45) is 1.81. The van der Waals surface area contributed by atoms with Crippen molar-refractivity contribution in [3.05, 3.63) is 39.5 Å². The van der Waals surface area contributed by atoms with Gasteiger partial charge in [0.05, 0.1) is 20.8 Å². The number of aromatic nitrogens is 2. The van der Waals surface area contributed by atoms with E-state index in [-0.39, 0.29) is 0 Å². The minimum atomic E-state index is 0.339. The van der Waals surface area contributed by atoms with Crippen molar-refractivity contribution in [2.45, 2.75) is 6.92 Å². The lowest BCUT2D eigenvalue weighted by atomic mass is 10.3. The van der Waals surface area contributed by atoms with Crippen molar-refractivity contribution in [2.24, 2.45) is 0 Å². The van der Waals surface area contributed by atoms with Crippen LogP contribution in [-0.4, -0.2) is 16.3 Å². The van der Waals surface area contributed by atoms with Gasteiger partial charge in [-0.05, 0) is 19.1 Å². The Labute approximate surface area is 114 Å². The van der Waals surface area contributed by atoms with E-state index in [1.807, 2.05) is 19.2 Å². The maximum atomic E-state index is 6.12. The predicted octanol–water partition coefficient (Wildman–Crippen LogP) is 4.26. The molecule has 17 heavy (non-hydrogen) atoms. The quantitative estimate of drug-likeness (QED) is 0.856. The van der Waals surface area contributed by atoms with Gasteiger partial charge >= 0.3 is 0 Å². The third kappa shape index (κ3) is 2.51. The van der Waals surface area contributed by atoms with Crippen LogP contribution >= 0.6 is 34.8 Å². The molecule has 0 unspecified atom stereocenters. The average Bonchev–Trinajstić information content (AvgIpc) is 2.75. The van der Waals surface area contributed by atoms with Crippen LogP contribution in [-0.2, 0) is 0 Å². The molecule has 2 rings (SSSR count). The van der Waals surface area contributed by atoms with Crippen LogP contribution in [0.4, 0.5) is 5.82 Å². The van der Waals surface area contributed by atoms with Crippen LogP contribution in [0, 0.1) is 0 Å². The fourth-order valence-electron chi connectivity index (χ4n) is 1.43. The minimum Gasteiger partial charge on any atom is -0.369 e. The van der Waals surface area contributed by atoms with Gasteiger partial charge in [-0.2, -0.15) is 5.10 Å². The van der Waals surface area contributed by atoms with Crippen molar-refractivity contribution in [1.82, 2.24) is 9.78 Å². The Hall–Kier alpha value is -0.900. The Morgan fingerprint density at radius 2 is 1.94 bits per heavy atom. The number of hydrogen-bond donors (Lipinski definition) is 1. The third-order valence-electron chi connectivity index (χ3n) is 2.21. The molecular weight excluding hydrogens is 281 g/mol. The summed E-state index contributed by atoms with van der Waals surface area (Å²) in [5.41, 5.74) is 0.699. The zero-order chi connectivity index (χ0) is 12.4. The number of halogens is 3. The SMILES string of the molecule is CCNc1ccn(-c2ccc(Cl)c(Cl)c2Cl)n1. The fraction of sp³-hybridized carbons (Fsp3) is 0.182. The standard InChI is InChI=1S/C11H10Cl3N3/c1-2-15-9-5-6-17(16-9)8-4-3-7(12)10(13)11(8)14/h3-6H,2H2,1H3,(H,15,16). The van der Waals surface area contributed by atoms with Gasteiger partial charge < -0.3 is 5.32 Å². The number of anilines is 1. The molecule has 0 radical (unpaired) electrons. The summed E-state index contributed by atoms with van der Waals surface area (Å²) in [5.74, 6) is 0.787. The number of benzene rings is 1. The molecule has 0 aliphatic heterocycles. The Bertz CT molecular complexity index is 537. The molecule has 0 bridgehead atoms. The van der Waals surface area contributed by atoms with E-state index in [1.165, 1.54) is 0 Å². The molecule has 0 saturated carbocycles. The largest absolute Gasteiger partial charge is 0.369 e. The number of nitrogens with one attached hydrogen (secondary N) is 1. The molecule has 1 aromatic heterocycles. The zero-order valence-corrected chi connectivity index (χ0v) is 11.3. The predicted molar refractivity (Wildman–Crippen MR) is 72.8 cm³/mol. The van der Waals surface area contributed by atoms with E-state index in [4.69, 9.17) is 34.8 Å². The van der Waals surface area contributed by atoms with Gasteiger partial charge in [-0.15, -0.1) is 0 Å². The van der Waals surface area contributed by atoms with Gasteiger partial charge in [-0.25, -0.2) is 4.68 Å². The number of nitrogens with zero attached hydrogens (tertiary/aromatic N) is 2. The van der Waals surface area contributed by atoms with E-state index < -0.39 is 0 Å². The van der Waals surface area contributed by atoms with E-state index in [0.717, 1.165) is 12.4 Å². The molecule has 0 saturated heterocycles. The lowest BCUT2D eigenvalue weighted by Gasteiger charge is -2.07. The van der Waals surface area contributed by atoms with Gasteiger partial charge in [0.15, 0.2) is 0 Å². The van der Waals surface area contributed by atoms with E-state index in [0.29, 0.717) is 20.8 Å². The van der Waals surface area contributed by atoms with Gasteiger partial charge in [0.1, 0.15) is 5.82 Å². The first-order valence-corrected chi connectivity index (χ1v) is 6.20. The number of rotatable bonds is 3. The molecule has 2 aromatic rings. The average molecular weight is 291 g/mol. The normalized spacial score (nSPS) is 10.6.